The minimum Gasteiger partial charge on any atom is -0.370 e. The highest BCUT2D eigenvalue weighted by atomic mass is 16.5. The van der Waals surface area contributed by atoms with Crippen LogP contribution in [-0.4, -0.2) is 50.7 Å². The van der Waals surface area contributed by atoms with Gasteiger partial charge in [-0.2, -0.15) is 0 Å². The molecule has 2 aliphatic heterocycles. The fourth-order valence-electron chi connectivity index (χ4n) is 1.91. The molecule has 1 spiro atoms. The molecule has 0 atom stereocenters. The van der Waals surface area contributed by atoms with Gasteiger partial charge in [0.15, 0.2) is 6.73 Å². The zero-order valence-corrected chi connectivity index (χ0v) is 6.92. The molecule has 0 N–H and O–H groups in total. The lowest BCUT2D eigenvalue weighted by Gasteiger charge is -2.43. The van der Waals surface area contributed by atoms with Crippen LogP contribution in [0.2, 0.25) is 0 Å². The van der Waals surface area contributed by atoms with Gasteiger partial charge in [0.1, 0.15) is 13.1 Å². The van der Waals surface area contributed by atoms with Crippen molar-refractivity contribution in [3.63, 3.8) is 0 Å². The fraction of sp³-hybridized carbons (Fsp3) is 1.00. The van der Waals surface area contributed by atoms with Crippen LogP contribution in [0.25, 0.3) is 0 Å². The lowest BCUT2D eigenvalue weighted by molar-refractivity contribution is -0.958. The Balaban J connectivity index is 1.94. The Labute approximate surface area is 67.5 Å². The third-order valence-electron chi connectivity index (χ3n) is 2.71. The first kappa shape index (κ1) is 7.53. The van der Waals surface area contributed by atoms with Crippen molar-refractivity contribution in [2.75, 3.05) is 46.2 Å². The lowest BCUT2D eigenvalue weighted by atomic mass is 10.2. The summed E-state index contributed by atoms with van der Waals surface area (Å²) in [5.74, 6) is 0. The van der Waals surface area contributed by atoms with Crippen LogP contribution in [0.1, 0.15) is 6.42 Å². The maximum absolute atomic E-state index is 5.48. The molecule has 2 fully saturated rings. The van der Waals surface area contributed by atoms with Gasteiger partial charge in [0.25, 0.3) is 0 Å². The molecule has 2 rings (SSSR count). The van der Waals surface area contributed by atoms with E-state index in [0.29, 0.717) is 0 Å². The van der Waals surface area contributed by atoms with Gasteiger partial charge in [-0.05, 0) is 0 Å². The van der Waals surface area contributed by atoms with E-state index < -0.39 is 0 Å². The first-order chi connectivity index (χ1) is 5.41. The molecule has 2 aliphatic rings. The average Bonchev–Trinajstić information content (AvgIpc) is 2.07. The van der Waals surface area contributed by atoms with Crippen LogP contribution in [0.15, 0.2) is 0 Å². The van der Waals surface area contributed by atoms with Crippen molar-refractivity contribution in [2.24, 2.45) is 0 Å². The topological polar surface area (TPSA) is 18.5 Å². The zero-order valence-electron chi connectivity index (χ0n) is 6.92. The van der Waals surface area contributed by atoms with E-state index in [9.17, 15) is 0 Å². The van der Waals surface area contributed by atoms with Gasteiger partial charge in [-0.1, -0.05) is 0 Å². The quantitative estimate of drug-likeness (QED) is 0.469. The standard InChI is InChI=1S/C8H16NO2/c1-2-9(8-11-5-1)3-6-10-7-4-9/h1-8H2/q+1. The van der Waals surface area contributed by atoms with Crippen LogP contribution in [-0.2, 0) is 9.47 Å². The molecule has 0 aromatic rings. The summed E-state index contributed by atoms with van der Waals surface area (Å²) in [6, 6.07) is 0. The first-order valence-corrected chi connectivity index (χ1v) is 4.42. The van der Waals surface area contributed by atoms with E-state index in [1.54, 1.807) is 0 Å². The average molecular weight is 158 g/mol. The summed E-state index contributed by atoms with van der Waals surface area (Å²) in [6.07, 6.45) is 1.22. The fourth-order valence-corrected chi connectivity index (χ4v) is 1.91. The highest BCUT2D eigenvalue weighted by Gasteiger charge is 2.32. The summed E-state index contributed by atoms with van der Waals surface area (Å²) in [5, 5.41) is 0. The third kappa shape index (κ3) is 1.55. The van der Waals surface area contributed by atoms with Gasteiger partial charge in [-0.3, -0.25) is 4.48 Å². The van der Waals surface area contributed by atoms with Gasteiger partial charge in [0, 0.05) is 6.42 Å². The smallest absolute Gasteiger partial charge is 0.183 e. The van der Waals surface area contributed by atoms with Crippen LogP contribution in [0.3, 0.4) is 0 Å². The summed E-state index contributed by atoms with van der Waals surface area (Å²) < 4.78 is 12.0. The predicted molar refractivity (Wildman–Crippen MR) is 41.1 cm³/mol. The van der Waals surface area contributed by atoms with Crippen LogP contribution in [0, 0.1) is 0 Å². The van der Waals surface area contributed by atoms with Crippen molar-refractivity contribution in [3.05, 3.63) is 0 Å². The molecule has 0 aromatic carbocycles. The van der Waals surface area contributed by atoms with E-state index >= 15 is 0 Å². The Morgan fingerprint density at radius 2 is 1.64 bits per heavy atom. The lowest BCUT2D eigenvalue weighted by Crippen LogP contribution is -2.58. The Morgan fingerprint density at radius 3 is 2.27 bits per heavy atom. The van der Waals surface area contributed by atoms with Crippen molar-refractivity contribution in [3.8, 4) is 0 Å². The van der Waals surface area contributed by atoms with Gasteiger partial charge in [0.05, 0.1) is 26.4 Å². The number of rotatable bonds is 0. The second-order valence-corrected chi connectivity index (χ2v) is 3.52. The van der Waals surface area contributed by atoms with E-state index in [2.05, 4.69) is 0 Å². The number of quaternary nitrogens is 1. The number of nitrogens with zero attached hydrogens (tertiary/aromatic N) is 1. The molecule has 0 unspecified atom stereocenters. The van der Waals surface area contributed by atoms with E-state index in [1.807, 2.05) is 0 Å². The molecule has 0 radical (unpaired) electrons. The van der Waals surface area contributed by atoms with Gasteiger partial charge in [0.2, 0.25) is 0 Å². The third-order valence-corrected chi connectivity index (χ3v) is 2.71. The van der Waals surface area contributed by atoms with E-state index in [1.165, 1.54) is 13.0 Å². The van der Waals surface area contributed by atoms with Gasteiger partial charge >= 0.3 is 0 Å². The van der Waals surface area contributed by atoms with Crippen molar-refractivity contribution in [1.29, 1.82) is 0 Å². The molecule has 0 aliphatic carbocycles. The van der Waals surface area contributed by atoms with Gasteiger partial charge in [-0.15, -0.1) is 0 Å². The summed E-state index contributed by atoms with van der Waals surface area (Å²) >= 11 is 0. The largest absolute Gasteiger partial charge is 0.370 e. The normalized spacial score (nSPS) is 30.5. The Bertz CT molecular complexity index is 107. The second-order valence-electron chi connectivity index (χ2n) is 3.52. The van der Waals surface area contributed by atoms with E-state index in [4.69, 9.17) is 9.47 Å². The van der Waals surface area contributed by atoms with Crippen LogP contribution < -0.4 is 0 Å². The minimum atomic E-state index is 0.920. The predicted octanol–water partition coefficient (Wildman–Crippen LogP) is 0.211. The summed E-state index contributed by atoms with van der Waals surface area (Å²) in [7, 11) is 0. The Kier molecular flexibility index (Phi) is 2.11. The number of ether oxygens (including phenoxy) is 2. The van der Waals surface area contributed by atoms with Crippen LogP contribution >= 0.6 is 0 Å². The number of hydrogen-bond donors (Lipinski definition) is 0. The molecular weight excluding hydrogens is 142 g/mol. The molecular formula is C8H16NO2+. The minimum absolute atomic E-state index is 0.920. The SMILES string of the molecule is C1COC[N+]2(C1)CCOCC2. The molecule has 3 nitrogen and oxygen atoms in total. The van der Waals surface area contributed by atoms with Crippen LogP contribution in [0.5, 0.6) is 0 Å². The summed E-state index contributed by atoms with van der Waals surface area (Å²) in [6.45, 7) is 7.32. The Hall–Kier alpha value is -0.120. The van der Waals surface area contributed by atoms with Crippen molar-refractivity contribution < 1.29 is 14.0 Å². The maximum Gasteiger partial charge on any atom is 0.183 e. The first-order valence-electron chi connectivity index (χ1n) is 4.42. The van der Waals surface area contributed by atoms with E-state index in [-0.39, 0.29) is 0 Å². The van der Waals surface area contributed by atoms with Gasteiger partial charge in [-0.25, -0.2) is 0 Å². The number of morpholine rings is 1. The van der Waals surface area contributed by atoms with Crippen molar-refractivity contribution >= 4 is 0 Å². The monoisotopic (exact) mass is 158 g/mol. The molecule has 64 valence electrons. The van der Waals surface area contributed by atoms with Crippen LogP contribution in [0.4, 0.5) is 0 Å². The number of hydrogen-bond acceptors (Lipinski definition) is 2. The second kappa shape index (κ2) is 3.09. The molecule has 0 amide bonds. The van der Waals surface area contributed by atoms with E-state index in [0.717, 1.165) is 44.1 Å². The molecule has 0 aromatic heterocycles. The van der Waals surface area contributed by atoms with Crippen molar-refractivity contribution in [1.82, 2.24) is 0 Å². The highest BCUT2D eigenvalue weighted by molar-refractivity contribution is 4.51. The molecule has 0 saturated carbocycles. The Morgan fingerprint density at radius 1 is 0.818 bits per heavy atom. The molecule has 11 heavy (non-hydrogen) atoms. The summed E-state index contributed by atoms with van der Waals surface area (Å²) in [5.41, 5.74) is 0. The zero-order chi connectivity index (χ0) is 7.57. The summed E-state index contributed by atoms with van der Waals surface area (Å²) in [4.78, 5) is 0. The maximum atomic E-state index is 5.48. The molecule has 2 heterocycles. The van der Waals surface area contributed by atoms with Crippen molar-refractivity contribution in [2.45, 2.75) is 6.42 Å². The molecule has 2 saturated heterocycles. The highest BCUT2D eigenvalue weighted by Crippen LogP contribution is 2.16. The van der Waals surface area contributed by atoms with Gasteiger partial charge < -0.3 is 9.47 Å². The molecule has 3 heteroatoms. The molecule has 0 bridgehead atoms.